The summed E-state index contributed by atoms with van der Waals surface area (Å²) in [7, 11) is 3.77. The van der Waals surface area contributed by atoms with Crippen LogP contribution in [0.2, 0.25) is 0 Å². The van der Waals surface area contributed by atoms with Crippen molar-refractivity contribution in [2.24, 2.45) is 5.16 Å². The van der Waals surface area contributed by atoms with Gasteiger partial charge in [0.25, 0.3) is 0 Å². The van der Waals surface area contributed by atoms with Gasteiger partial charge in [-0.25, -0.2) is 0 Å². The second-order valence-corrected chi connectivity index (χ2v) is 7.15. The zero-order valence-electron chi connectivity index (χ0n) is 16.0. The van der Waals surface area contributed by atoms with Crippen LogP contribution in [0.1, 0.15) is 50.3 Å². The van der Waals surface area contributed by atoms with Crippen LogP contribution in [-0.2, 0) is 6.42 Å². The highest BCUT2D eigenvalue weighted by Gasteiger charge is 2.34. The Labute approximate surface area is 155 Å². The Bertz CT molecular complexity index is 723. The lowest BCUT2D eigenvalue weighted by molar-refractivity contribution is 0.170. The zero-order chi connectivity index (χ0) is 18.7. The molecule has 1 atom stereocenters. The van der Waals surface area contributed by atoms with Gasteiger partial charge >= 0.3 is 0 Å². The van der Waals surface area contributed by atoms with E-state index in [2.05, 4.69) is 43.1 Å². The number of fused-ring (bicyclic) bond motifs is 2. The van der Waals surface area contributed by atoms with Gasteiger partial charge in [0.15, 0.2) is 11.5 Å². The molecule has 0 fully saturated rings. The minimum atomic E-state index is 0.0841. The van der Waals surface area contributed by atoms with Crippen LogP contribution in [0, 0.1) is 0 Å². The SMILES string of the molecule is COc1c2c(cc3c1[C@H](CC(CCC=C(C)C)=NO)N(C)CC3)OCO2. The van der Waals surface area contributed by atoms with E-state index in [-0.39, 0.29) is 12.8 Å². The van der Waals surface area contributed by atoms with Crippen LogP contribution in [0.5, 0.6) is 17.2 Å². The van der Waals surface area contributed by atoms with Gasteiger partial charge in [-0.3, -0.25) is 4.90 Å². The zero-order valence-corrected chi connectivity index (χ0v) is 16.0. The van der Waals surface area contributed by atoms with Gasteiger partial charge in [-0.1, -0.05) is 16.8 Å². The topological polar surface area (TPSA) is 63.5 Å². The maximum absolute atomic E-state index is 9.51. The number of benzene rings is 1. The maximum Gasteiger partial charge on any atom is 0.231 e. The first kappa shape index (κ1) is 18.6. The Balaban J connectivity index is 1.90. The molecule has 142 valence electrons. The highest BCUT2D eigenvalue weighted by atomic mass is 16.7. The number of methoxy groups -OCH3 is 1. The highest BCUT2D eigenvalue weighted by Crippen LogP contribution is 2.50. The van der Waals surface area contributed by atoms with Gasteiger partial charge in [0.2, 0.25) is 12.5 Å². The number of nitrogens with zero attached hydrogens (tertiary/aromatic N) is 2. The van der Waals surface area contributed by atoms with Crippen LogP contribution in [0.3, 0.4) is 0 Å². The first-order valence-electron chi connectivity index (χ1n) is 9.08. The minimum absolute atomic E-state index is 0.0841. The number of oxime groups is 1. The molecule has 0 aromatic heterocycles. The van der Waals surface area contributed by atoms with Gasteiger partial charge in [0.05, 0.1) is 12.8 Å². The molecule has 2 aliphatic rings. The number of ether oxygens (including phenoxy) is 3. The third kappa shape index (κ3) is 3.65. The number of hydrogen-bond donors (Lipinski definition) is 1. The summed E-state index contributed by atoms with van der Waals surface area (Å²) in [4.78, 5) is 2.29. The van der Waals surface area contributed by atoms with Gasteiger partial charge in [-0.2, -0.15) is 0 Å². The quantitative estimate of drug-likeness (QED) is 0.360. The molecule has 1 aromatic rings. The van der Waals surface area contributed by atoms with Gasteiger partial charge in [-0.15, -0.1) is 0 Å². The molecule has 6 heteroatoms. The molecular formula is C20H28N2O4. The average Bonchev–Trinajstić information content (AvgIpc) is 3.08. The van der Waals surface area contributed by atoms with Crippen molar-refractivity contribution in [3.05, 3.63) is 28.8 Å². The largest absolute Gasteiger partial charge is 0.492 e. The van der Waals surface area contributed by atoms with Crippen LogP contribution in [-0.4, -0.2) is 43.3 Å². The molecule has 26 heavy (non-hydrogen) atoms. The van der Waals surface area contributed by atoms with Crippen molar-refractivity contribution in [1.82, 2.24) is 4.90 Å². The van der Waals surface area contributed by atoms with Gasteiger partial charge < -0.3 is 19.4 Å². The predicted molar refractivity (Wildman–Crippen MR) is 101 cm³/mol. The van der Waals surface area contributed by atoms with E-state index < -0.39 is 0 Å². The lowest BCUT2D eigenvalue weighted by Gasteiger charge is -2.36. The van der Waals surface area contributed by atoms with Crippen molar-refractivity contribution in [1.29, 1.82) is 0 Å². The molecule has 3 rings (SSSR count). The van der Waals surface area contributed by atoms with Gasteiger partial charge in [0, 0.05) is 24.6 Å². The van der Waals surface area contributed by atoms with Crippen LogP contribution >= 0.6 is 0 Å². The van der Waals surface area contributed by atoms with Crippen molar-refractivity contribution in [3.8, 4) is 17.2 Å². The predicted octanol–water partition coefficient (Wildman–Crippen LogP) is 3.92. The van der Waals surface area contributed by atoms with E-state index in [0.29, 0.717) is 12.2 Å². The molecule has 2 aliphatic heterocycles. The first-order valence-corrected chi connectivity index (χ1v) is 9.08. The van der Waals surface area contributed by atoms with Crippen molar-refractivity contribution < 1.29 is 19.4 Å². The molecule has 0 bridgehead atoms. The monoisotopic (exact) mass is 360 g/mol. The molecule has 1 N–H and O–H groups in total. The summed E-state index contributed by atoms with van der Waals surface area (Å²) in [5, 5.41) is 13.1. The summed E-state index contributed by atoms with van der Waals surface area (Å²) < 4.78 is 16.9. The fourth-order valence-electron chi connectivity index (χ4n) is 3.73. The molecule has 1 aromatic carbocycles. The summed E-state index contributed by atoms with van der Waals surface area (Å²) in [5.74, 6) is 2.18. The minimum Gasteiger partial charge on any atom is -0.492 e. The van der Waals surface area contributed by atoms with Crippen molar-refractivity contribution in [2.75, 3.05) is 27.5 Å². The van der Waals surface area contributed by atoms with Crippen molar-refractivity contribution >= 4 is 5.71 Å². The Morgan fingerprint density at radius 1 is 1.42 bits per heavy atom. The molecule has 0 radical (unpaired) electrons. The average molecular weight is 360 g/mol. The molecule has 0 amide bonds. The number of rotatable bonds is 6. The van der Waals surface area contributed by atoms with Crippen molar-refractivity contribution in [2.45, 2.75) is 45.6 Å². The molecule has 0 saturated carbocycles. The molecule has 0 unspecified atom stereocenters. The standard InChI is InChI=1S/C20H28N2O4/c1-13(2)6-5-7-15(21-23)11-16-18-14(8-9-22(16)3)10-17-19(20(18)24-4)26-12-25-17/h6,10,16,23H,5,7-9,11-12H2,1-4H3/t16-/m0/s1. The van der Waals surface area contributed by atoms with Gasteiger partial charge in [0.1, 0.15) is 0 Å². The molecule has 0 saturated heterocycles. The summed E-state index contributed by atoms with van der Waals surface area (Å²) in [5.41, 5.74) is 4.41. The van der Waals surface area contributed by atoms with Gasteiger partial charge in [-0.05, 0) is 51.8 Å². The Hall–Kier alpha value is -2.21. The fourth-order valence-corrected chi connectivity index (χ4v) is 3.73. The van der Waals surface area contributed by atoms with E-state index in [0.717, 1.165) is 48.6 Å². The molecular weight excluding hydrogens is 332 g/mol. The molecule has 2 heterocycles. The third-order valence-corrected chi connectivity index (χ3v) is 5.10. The fraction of sp³-hybridized carbons (Fsp3) is 0.550. The number of allylic oxidation sites excluding steroid dienone is 2. The lowest BCUT2D eigenvalue weighted by atomic mass is 9.87. The van der Waals surface area contributed by atoms with E-state index in [4.69, 9.17) is 14.2 Å². The van der Waals surface area contributed by atoms with Crippen LogP contribution in [0.25, 0.3) is 0 Å². The van der Waals surface area contributed by atoms with Crippen LogP contribution < -0.4 is 14.2 Å². The summed E-state index contributed by atoms with van der Waals surface area (Å²) in [6.07, 6.45) is 5.38. The Morgan fingerprint density at radius 3 is 2.92 bits per heavy atom. The van der Waals surface area contributed by atoms with Crippen LogP contribution in [0.15, 0.2) is 22.9 Å². The van der Waals surface area contributed by atoms with E-state index in [1.165, 1.54) is 11.1 Å². The Kier molecular flexibility index (Phi) is 5.71. The van der Waals surface area contributed by atoms with E-state index in [9.17, 15) is 5.21 Å². The summed E-state index contributed by atoms with van der Waals surface area (Å²) >= 11 is 0. The molecule has 0 aliphatic carbocycles. The lowest BCUT2D eigenvalue weighted by Crippen LogP contribution is -2.34. The second kappa shape index (κ2) is 7.99. The van der Waals surface area contributed by atoms with E-state index in [1.54, 1.807) is 7.11 Å². The smallest absolute Gasteiger partial charge is 0.231 e. The highest BCUT2D eigenvalue weighted by molar-refractivity contribution is 5.85. The second-order valence-electron chi connectivity index (χ2n) is 7.15. The molecule has 6 nitrogen and oxygen atoms in total. The third-order valence-electron chi connectivity index (χ3n) is 5.10. The summed E-state index contributed by atoms with van der Waals surface area (Å²) in [6, 6.07) is 2.15. The van der Waals surface area contributed by atoms with E-state index >= 15 is 0 Å². The summed E-state index contributed by atoms with van der Waals surface area (Å²) in [6.45, 7) is 5.32. The number of hydrogen-bond acceptors (Lipinski definition) is 6. The Morgan fingerprint density at radius 2 is 2.23 bits per heavy atom. The number of likely N-dealkylation sites (N-methyl/N-ethyl adjacent to an activating group) is 1. The maximum atomic E-state index is 9.51. The molecule has 0 spiro atoms. The normalized spacial score (nSPS) is 19.2. The van der Waals surface area contributed by atoms with Crippen molar-refractivity contribution in [3.63, 3.8) is 0 Å². The van der Waals surface area contributed by atoms with E-state index in [1.807, 2.05) is 0 Å². The van der Waals surface area contributed by atoms with Crippen LogP contribution in [0.4, 0.5) is 0 Å². The first-order chi connectivity index (χ1) is 12.5.